The monoisotopic (exact) mass is 607 g/mol. The third kappa shape index (κ3) is 8.48. The van der Waals surface area contributed by atoms with Gasteiger partial charge in [-0.15, -0.1) is 0 Å². The van der Waals surface area contributed by atoms with Crippen LogP contribution in [0.2, 0.25) is 0 Å². The van der Waals surface area contributed by atoms with Crippen molar-refractivity contribution in [2.75, 3.05) is 36.0 Å². The van der Waals surface area contributed by atoms with E-state index in [1.807, 2.05) is 26.0 Å². The molecule has 11 heteroatoms. The van der Waals surface area contributed by atoms with Crippen LogP contribution in [0.5, 0.6) is 0 Å². The molecule has 0 unspecified atom stereocenters. The SMILES string of the molecule is CCN.Cc1c(-c2ccc(N3CCS(=O)CC3)cc2)cnn1-c1ncccc1F.N#CC1(NC(=O)C2CCCCC2)CC1. The Balaban J connectivity index is 0.000000209. The quantitative estimate of drug-likeness (QED) is 0.432. The number of aromatic nitrogens is 3. The Hall–Kier alpha value is -3.62. The molecule has 0 bridgehead atoms. The molecule has 1 aliphatic heterocycles. The van der Waals surface area contributed by atoms with E-state index in [0.29, 0.717) is 0 Å². The Morgan fingerprint density at radius 2 is 1.81 bits per heavy atom. The molecule has 1 amide bonds. The van der Waals surface area contributed by atoms with Crippen molar-refractivity contribution in [2.24, 2.45) is 11.7 Å². The van der Waals surface area contributed by atoms with Gasteiger partial charge in [0, 0.05) is 58.8 Å². The molecule has 230 valence electrons. The number of nitrogens with zero attached hydrogens (tertiary/aromatic N) is 5. The van der Waals surface area contributed by atoms with Crippen molar-refractivity contribution in [2.45, 2.75) is 64.3 Å². The predicted molar refractivity (Wildman–Crippen MR) is 169 cm³/mol. The normalized spacial score (nSPS) is 17.9. The Kier molecular flexibility index (Phi) is 11.4. The molecule has 0 radical (unpaired) electrons. The van der Waals surface area contributed by atoms with Gasteiger partial charge in [-0.05, 0) is 69.0 Å². The summed E-state index contributed by atoms with van der Waals surface area (Å²) in [6, 6.07) is 13.4. The lowest BCUT2D eigenvalue weighted by Gasteiger charge is -2.28. The van der Waals surface area contributed by atoms with Crippen LogP contribution in [0.25, 0.3) is 16.9 Å². The van der Waals surface area contributed by atoms with Gasteiger partial charge in [-0.1, -0.05) is 38.3 Å². The van der Waals surface area contributed by atoms with E-state index in [1.165, 1.54) is 17.2 Å². The van der Waals surface area contributed by atoms with Crippen LogP contribution in [0, 0.1) is 30.0 Å². The highest BCUT2D eigenvalue weighted by molar-refractivity contribution is 7.85. The van der Waals surface area contributed by atoms with E-state index in [2.05, 4.69) is 38.5 Å². The lowest BCUT2D eigenvalue weighted by molar-refractivity contribution is -0.126. The fraction of sp³-hybridized carbons (Fsp3) is 0.500. The standard InChI is InChI=1S/C19H19FN4OS.C11H16N2O.C2H7N/c1-14-17(13-22-24(14)19-18(20)3-2-8-21-19)15-4-6-16(7-5-15)23-9-11-26(25)12-10-23;12-8-11(6-7-11)13-10(14)9-4-2-1-3-5-9;1-2-3/h2-8,13H,9-12H2,1H3;9H,1-7H2,(H,13,14);2-3H2,1H3. The molecule has 3 heterocycles. The van der Waals surface area contributed by atoms with Crippen LogP contribution >= 0.6 is 0 Å². The number of anilines is 1. The van der Waals surface area contributed by atoms with E-state index in [0.717, 1.165) is 92.2 Å². The molecular weight excluding hydrogens is 565 g/mol. The molecule has 2 aliphatic carbocycles. The zero-order chi connectivity index (χ0) is 30.8. The van der Waals surface area contributed by atoms with E-state index in [1.54, 1.807) is 18.5 Å². The number of carbonyl (C=O) groups is 1. The van der Waals surface area contributed by atoms with Crippen molar-refractivity contribution in [1.82, 2.24) is 20.1 Å². The lowest BCUT2D eigenvalue weighted by Crippen LogP contribution is -2.40. The number of amides is 1. The molecule has 3 aromatic rings. The molecule has 3 N–H and O–H groups in total. The maximum atomic E-state index is 14.0. The molecule has 3 fully saturated rings. The molecule has 6 rings (SSSR count). The summed E-state index contributed by atoms with van der Waals surface area (Å²) in [4.78, 5) is 18.1. The third-order valence-electron chi connectivity index (χ3n) is 7.97. The van der Waals surface area contributed by atoms with Gasteiger partial charge in [0.15, 0.2) is 11.6 Å². The van der Waals surface area contributed by atoms with Crippen molar-refractivity contribution in [3.05, 3.63) is 60.3 Å². The summed E-state index contributed by atoms with van der Waals surface area (Å²) >= 11 is 0. The number of nitrogens with two attached hydrogens (primary N) is 1. The van der Waals surface area contributed by atoms with Gasteiger partial charge >= 0.3 is 0 Å². The molecule has 9 nitrogen and oxygen atoms in total. The molecule has 0 spiro atoms. The largest absolute Gasteiger partial charge is 0.370 e. The van der Waals surface area contributed by atoms with Gasteiger partial charge in [-0.3, -0.25) is 9.00 Å². The summed E-state index contributed by atoms with van der Waals surface area (Å²) in [5, 5.41) is 16.0. The fourth-order valence-corrected chi connectivity index (χ4v) is 6.33. The summed E-state index contributed by atoms with van der Waals surface area (Å²) in [7, 11) is -0.679. The van der Waals surface area contributed by atoms with Crippen molar-refractivity contribution in [3.63, 3.8) is 0 Å². The van der Waals surface area contributed by atoms with Crippen LogP contribution in [0.1, 0.15) is 57.6 Å². The highest BCUT2D eigenvalue weighted by Crippen LogP contribution is 2.35. The topological polar surface area (TPSA) is 130 Å². The second-order valence-electron chi connectivity index (χ2n) is 11.2. The molecule has 43 heavy (non-hydrogen) atoms. The van der Waals surface area contributed by atoms with Crippen LogP contribution in [-0.4, -0.2) is 61.6 Å². The minimum atomic E-state index is -0.679. The summed E-state index contributed by atoms with van der Waals surface area (Å²) in [6.45, 7) is 6.20. The first-order valence-corrected chi connectivity index (χ1v) is 16.6. The molecular formula is C32H42FN7O2S. The Morgan fingerprint density at radius 3 is 2.40 bits per heavy atom. The number of nitriles is 1. The first kappa shape index (κ1) is 32.3. The zero-order valence-corrected chi connectivity index (χ0v) is 25.9. The number of benzene rings is 1. The van der Waals surface area contributed by atoms with Gasteiger partial charge in [-0.2, -0.15) is 10.4 Å². The molecule has 1 saturated heterocycles. The summed E-state index contributed by atoms with van der Waals surface area (Å²) in [6.07, 6.45) is 10.6. The predicted octanol–water partition coefficient (Wildman–Crippen LogP) is 4.65. The maximum Gasteiger partial charge on any atom is 0.224 e. The number of halogens is 1. The van der Waals surface area contributed by atoms with Crippen LogP contribution in [0.15, 0.2) is 48.8 Å². The van der Waals surface area contributed by atoms with E-state index in [9.17, 15) is 13.4 Å². The maximum absolute atomic E-state index is 14.0. The second kappa shape index (κ2) is 15.2. The van der Waals surface area contributed by atoms with Gasteiger partial charge in [0.25, 0.3) is 0 Å². The summed E-state index contributed by atoms with van der Waals surface area (Å²) < 4.78 is 27.0. The smallest absolute Gasteiger partial charge is 0.224 e. The van der Waals surface area contributed by atoms with Gasteiger partial charge in [0.1, 0.15) is 5.54 Å². The van der Waals surface area contributed by atoms with Gasteiger partial charge in [0.05, 0.1) is 18.0 Å². The first-order chi connectivity index (χ1) is 20.8. The lowest BCUT2D eigenvalue weighted by atomic mass is 9.88. The number of pyridine rings is 1. The number of hydrogen-bond donors (Lipinski definition) is 2. The molecule has 1 aromatic carbocycles. The van der Waals surface area contributed by atoms with Crippen LogP contribution in [0.4, 0.5) is 10.1 Å². The fourth-order valence-electron chi connectivity index (χ4n) is 5.28. The Morgan fingerprint density at radius 1 is 1.16 bits per heavy atom. The van der Waals surface area contributed by atoms with Crippen molar-refractivity contribution in [1.29, 1.82) is 5.26 Å². The summed E-state index contributed by atoms with van der Waals surface area (Å²) in [5.41, 5.74) is 8.31. The first-order valence-electron chi connectivity index (χ1n) is 15.1. The van der Waals surface area contributed by atoms with Crippen LogP contribution in [0.3, 0.4) is 0 Å². The average Bonchev–Trinajstić information content (AvgIpc) is 3.71. The molecule has 3 aliphatic rings. The van der Waals surface area contributed by atoms with Gasteiger partial charge < -0.3 is 16.0 Å². The van der Waals surface area contributed by atoms with Crippen molar-refractivity contribution in [3.8, 4) is 23.0 Å². The van der Waals surface area contributed by atoms with E-state index in [-0.39, 0.29) is 17.6 Å². The Bertz CT molecular complexity index is 1420. The number of nitrogens with one attached hydrogen (secondary N) is 1. The van der Waals surface area contributed by atoms with E-state index < -0.39 is 22.2 Å². The van der Waals surface area contributed by atoms with E-state index >= 15 is 0 Å². The van der Waals surface area contributed by atoms with Gasteiger partial charge in [-0.25, -0.2) is 14.1 Å². The number of carbonyl (C=O) groups excluding carboxylic acids is 1. The molecule has 0 atom stereocenters. The number of hydrogen-bond acceptors (Lipinski definition) is 7. The van der Waals surface area contributed by atoms with Crippen molar-refractivity contribution >= 4 is 22.4 Å². The highest BCUT2D eigenvalue weighted by atomic mass is 32.2. The average molecular weight is 608 g/mol. The summed E-state index contributed by atoms with van der Waals surface area (Å²) in [5.74, 6) is 1.54. The molecule has 2 aromatic heterocycles. The van der Waals surface area contributed by atoms with Crippen molar-refractivity contribution < 1.29 is 13.4 Å². The Labute approximate surface area is 256 Å². The third-order valence-corrected chi connectivity index (χ3v) is 9.25. The minimum Gasteiger partial charge on any atom is -0.370 e. The molecule has 2 saturated carbocycles. The minimum absolute atomic E-state index is 0.115. The highest BCUT2D eigenvalue weighted by Gasteiger charge is 2.45. The second-order valence-corrected chi connectivity index (χ2v) is 12.9. The van der Waals surface area contributed by atoms with Crippen LogP contribution < -0.4 is 16.0 Å². The van der Waals surface area contributed by atoms with Gasteiger partial charge in [0.2, 0.25) is 5.91 Å². The van der Waals surface area contributed by atoms with Crippen LogP contribution in [-0.2, 0) is 15.6 Å². The zero-order valence-electron chi connectivity index (χ0n) is 25.1. The van der Waals surface area contributed by atoms with E-state index in [4.69, 9.17) is 11.0 Å². The number of rotatable bonds is 5.